The van der Waals surface area contributed by atoms with Crippen LogP contribution < -0.4 is 80.7 Å². The van der Waals surface area contributed by atoms with Gasteiger partial charge in [0.05, 0.1) is 37.9 Å². The van der Waals surface area contributed by atoms with E-state index in [9.17, 15) is 87.9 Å². The molecular formula is C69H94N16O20S3. The molecule has 2 fully saturated rings. The van der Waals surface area contributed by atoms with Gasteiger partial charge >= 0.3 is 11.9 Å². The van der Waals surface area contributed by atoms with E-state index in [1.807, 2.05) is 0 Å². The molecular weight excluding hydrogens is 1470 g/mol. The zero-order chi connectivity index (χ0) is 80.2. The SMILES string of the molecule is CC(C)C[C@@H]1NC(=O)[C@H](C(C)C)NC(=O)[C@H](CO)NC(=O)CNC(=O)CNC(=O)[C@H](CCCN=C(N)N)NC(=O)[C@@H]2CCCN2C(=O)[C@@H](NC(=S)Nc2ccc(-c3c4ccc(=O)cc-4oc4cc(O)ccc34)c(C(=O)O)c2)C(C)(C)SSC[C@@H](C(=O)O)NC(=O)CNC(=O)[C@@H]([C@@H](C)O)NC(=O)[C@H](C(C)C)NC1=O. The summed E-state index contributed by atoms with van der Waals surface area (Å²) in [5.74, 6) is -15.8. The van der Waals surface area contributed by atoms with Gasteiger partial charge in [-0.3, -0.25) is 62.5 Å². The number of amides is 11. The quantitative estimate of drug-likeness (QED) is 0.0159. The molecule has 0 unspecified atom stereocenters. The molecule has 1 aliphatic carbocycles. The van der Waals surface area contributed by atoms with Crippen LogP contribution >= 0.6 is 33.8 Å². The van der Waals surface area contributed by atoms with Crippen LogP contribution in [0.15, 0.2) is 68.8 Å². The molecule has 11 amide bonds. The highest BCUT2D eigenvalue weighted by atomic mass is 33.1. The van der Waals surface area contributed by atoms with Crippen molar-refractivity contribution in [2.45, 2.75) is 160 Å². The summed E-state index contributed by atoms with van der Waals surface area (Å²) >= 11 is 5.85. The van der Waals surface area contributed by atoms with Gasteiger partial charge in [-0.15, -0.1) is 0 Å². The van der Waals surface area contributed by atoms with Crippen LogP contribution in [0.4, 0.5) is 5.69 Å². The van der Waals surface area contributed by atoms with Crippen LogP contribution in [-0.4, -0.2) is 229 Å². The number of carboxylic acids is 2. The molecule has 10 atom stereocenters. The minimum Gasteiger partial charge on any atom is -0.508 e. The van der Waals surface area contributed by atoms with Gasteiger partial charge < -0.3 is 110 Å². The van der Waals surface area contributed by atoms with Crippen molar-refractivity contribution in [1.29, 1.82) is 0 Å². The highest BCUT2D eigenvalue weighted by Crippen LogP contribution is 2.43. The normalized spacial score (nSPS) is 23.1. The summed E-state index contributed by atoms with van der Waals surface area (Å²) in [6.07, 6.45) is -1.41. The first-order chi connectivity index (χ1) is 50.8. The van der Waals surface area contributed by atoms with Gasteiger partial charge in [-0.2, -0.15) is 0 Å². The number of anilines is 1. The lowest BCUT2D eigenvalue weighted by Crippen LogP contribution is -2.62. The summed E-state index contributed by atoms with van der Waals surface area (Å²) in [5.41, 5.74) is 11.5. The van der Waals surface area contributed by atoms with E-state index in [-0.39, 0.29) is 96.1 Å². The molecule has 0 radical (unpaired) electrons. The molecule has 0 aromatic heterocycles. The lowest BCUT2D eigenvalue weighted by atomic mass is 9.90. The molecule has 3 heterocycles. The van der Waals surface area contributed by atoms with Gasteiger partial charge in [0.1, 0.15) is 71.5 Å². The molecule has 0 spiro atoms. The molecule has 2 saturated heterocycles. The number of carbonyl (C=O) groups is 13. The molecule has 39 heteroatoms. The topological polar surface area (TPSA) is 565 Å². The molecule has 4 aliphatic rings. The highest BCUT2D eigenvalue weighted by Gasteiger charge is 2.45. The maximum atomic E-state index is 15.4. The molecule has 588 valence electrons. The number of nitrogens with one attached hydrogen (secondary N) is 12. The fraction of sp³-hybridized carbons (Fsp3) is 0.507. The minimum absolute atomic E-state index is 0.0107. The second kappa shape index (κ2) is 39.5. The number of hydrogen-bond acceptors (Lipinski definition) is 22. The third-order valence-corrected chi connectivity index (χ3v) is 20.8. The highest BCUT2D eigenvalue weighted by molar-refractivity contribution is 8.77. The molecule has 2 aromatic carbocycles. The van der Waals surface area contributed by atoms with E-state index in [0.717, 1.165) is 28.5 Å². The second-order valence-corrected chi connectivity index (χ2v) is 30.8. The van der Waals surface area contributed by atoms with Crippen LogP contribution in [0.2, 0.25) is 0 Å². The second-order valence-electron chi connectivity index (χ2n) is 27.4. The van der Waals surface area contributed by atoms with Crippen molar-refractivity contribution in [3.05, 3.63) is 70.4 Å². The number of fused-ring (bicyclic) bond motifs is 3. The Balaban J connectivity index is 1.33. The van der Waals surface area contributed by atoms with Crippen LogP contribution in [0, 0.1) is 17.8 Å². The van der Waals surface area contributed by atoms with E-state index in [1.54, 1.807) is 55.4 Å². The Morgan fingerprint density at radius 2 is 1.30 bits per heavy atom. The maximum Gasteiger partial charge on any atom is 0.336 e. The van der Waals surface area contributed by atoms with E-state index in [1.165, 1.54) is 59.5 Å². The number of rotatable bonds is 15. The molecule has 36 nitrogen and oxygen atoms in total. The van der Waals surface area contributed by atoms with E-state index in [2.05, 4.69) is 68.8 Å². The average Bonchev–Trinajstić information content (AvgIpc) is 0.835. The van der Waals surface area contributed by atoms with Crippen molar-refractivity contribution in [3.8, 4) is 28.2 Å². The number of phenols is 1. The van der Waals surface area contributed by atoms with Crippen LogP contribution in [0.1, 0.15) is 105 Å². The Bertz CT molecular complexity index is 4090. The maximum absolute atomic E-state index is 15.4. The Hall–Kier alpha value is -10.4. The summed E-state index contributed by atoms with van der Waals surface area (Å²) in [7, 11) is 1.82. The minimum atomic E-state index is -1.77. The smallest absolute Gasteiger partial charge is 0.336 e. The Morgan fingerprint density at radius 1 is 0.694 bits per heavy atom. The molecule has 0 saturated carbocycles. The van der Waals surface area contributed by atoms with E-state index in [4.69, 9.17) is 28.1 Å². The van der Waals surface area contributed by atoms with Gasteiger partial charge in [0.25, 0.3) is 0 Å². The van der Waals surface area contributed by atoms with E-state index >= 15 is 4.79 Å². The molecule has 2 aromatic rings. The summed E-state index contributed by atoms with van der Waals surface area (Å²) < 4.78 is 4.56. The van der Waals surface area contributed by atoms with Gasteiger partial charge in [0.2, 0.25) is 65.0 Å². The first kappa shape index (κ1) is 86.5. The third kappa shape index (κ3) is 24.3. The van der Waals surface area contributed by atoms with Gasteiger partial charge in [-0.25, -0.2) is 9.59 Å². The molecule has 6 rings (SSSR count). The number of guanidine groups is 1. The van der Waals surface area contributed by atoms with Crippen molar-refractivity contribution in [1.82, 2.24) is 63.4 Å². The number of carboxylic acid groups (broad SMARTS) is 2. The fourth-order valence-corrected chi connectivity index (χ4v) is 14.7. The summed E-state index contributed by atoms with van der Waals surface area (Å²) in [6.45, 7) is 10.5. The predicted molar refractivity (Wildman–Crippen MR) is 403 cm³/mol. The van der Waals surface area contributed by atoms with Gasteiger partial charge in [-0.1, -0.05) is 69.2 Å². The number of aliphatic carboxylic acids is 1. The average molecular weight is 1560 g/mol. The van der Waals surface area contributed by atoms with Crippen LogP contribution in [-0.2, 0) is 57.5 Å². The van der Waals surface area contributed by atoms with Crippen molar-refractivity contribution in [2.24, 2.45) is 34.2 Å². The number of aromatic hydroxyl groups is 1. The van der Waals surface area contributed by atoms with E-state index in [0.29, 0.717) is 16.5 Å². The lowest BCUT2D eigenvalue weighted by Gasteiger charge is -2.37. The number of aliphatic hydroxyl groups excluding tert-OH is 2. The van der Waals surface area contributed by atoms with Crippen molar-refractivity contribution >= 4 is 138 Å². The number of hydrogen-bond donors (Lipinski definition) is 19. The molecule has 0 bridgehead atoms. The number of phenolic OH excluding ortho intramolecular Hbond substituents is 1. The Labute approximate surface area is 633 Å². The van der Waals surface area contributed by atoms with Gasteiger partial charge in [0.15, 0.2) is 16.5 Å². The number of carbonyl (C=O) groups excluding carboxylic acids is 11. The zero-order valence-corrected chi connectivity index (χ0v) is 63.3. The number of aromatic carboxylic acids is 1. The number of thiocarbonyl (C=S) groups is 1. The number of nitrogens with zero attached hydrogens (tertiary/aromatic N) is 2. The monoisotopic (exact) mass is 1560 g/mol. The zero-order valence-electron chi connectivity index (χ0n) is 60.8. The van der Waals surface area contributed by atoms with Crippen LogP contribution in [0.25, 0.3) is 33.4 Å². The first-order valence-corrected chi connectivity index (χ1v) is 37.3. The molecule has 3 aliphatic heterocycles. The number of nitrogens with two attached hydrogens (primary N) is 2. The van der Waals surface area contributed by atoms with Crippen LogP contribution in [0.3, 0.4) is 0 Å². The number of aliphatic imine (C=N–C) groups is 1. The van der Waals surface area contributed by atoms with Crippen molar-refractivity contribution in [2.75, 3.05) is 50.4 Å². The fourth-order valence-electron chi connectivity index (χ4n) is 11.7. The number of aliphatic hydroxyl groups is 2. The van der Waals surface area contributed by atoms with Crippen molar-refractivity contribution in [3.63, 3.8) is 0 Å². The number of benzene rings is 3. The molecule has 108 heavy (non-hydrogen) atoms. The van der Waals surface area contributed by atoms with E-state index < -0.39 is 191 Å². The van der Waals surface area contributed by atoms with Gasteiger partial charge in [0, 0.05) is 57.9 Å². The summed E-state index contributed by atoms with van der Waals surface area (Å²) in [5, 5.41) is 82.9. The summed E-state index contributed by atoms with van der Waals surface area (Å²) in [6, 6.07) is -1.15. The molecule has 21 N–H and O–H groups in total. The summed E-state index contributed by atoms with van der Waals surface area (Å²) in [4.78, 5) is 197. The standard InChI is InChI=1S/C69H94N16O20S3/c1-31(2)22-43-58(94)81-54(33(5)6)63(99)83-55(34(7)87)61(97)75-28-51(92)78-45(66(103)104)30-107-108-69(8,9)56(84-68(106)76-35-14-17-38(41(23-35)65(101)102)52-39-18-15-36(88)24-47(39)105-48-25-37(89)16-19-40(48)52)64(100)85-21-11-13-46(85)60(96)79-42(12-10-20-72-67(70)71)57(93)74-26-49(90)73-27-50(91)77-44(29-86)59(95)82-53(32(3)4)62(98)80-43/h14-19,23-25,31-34,42-46,53-56,86-88H,10-13,20-22,26-30H2,1-9H3,(H,73,90)(H,74,93)(H,75,97)(H,77,91)(H,78,92)(H,79,96)(H,80,98)(H,81,94)(H,82,95)(H,83,99)(H,101,102)(H,103,104)(H4,70,71,72)(H2,76,84,106)/t34-,42+,43+,44+,45+,46+,53+,54+,55-,56-/m1/s1. The predicted octanol–water partition coefficient (Wildman–Crippen LogP) is -1.60. The Kier molecular flexibility index (Phi) is 31.6. The van der Waals surface area contributed by atoms with Gasteiger partial charge in [-0.05, 0) is 125 Å². The largest absolute Gasteiger partial charge is 0.508 e. The Morgan fingerprint density at radius 3 is 1.92 bits per heavy atom. The van der Waals surface area contributed by atoms with Crippen LogP contribution in [0.5, 0.6) is 5.75 Å². The lowest BCUT2D eigenvalue weighted by molar-refractivity contribution is -0.141. The third-order valence-electron chi connectivity index (χ3n) is 17.3. The first-order valence-electron chi connectivity index (χ1n) is 34.6. The van der Waals surface area contributed by atoms with Crippen molar-refractivity contribution < 1.29 is 92.3 Å².